The monoisotopic (exact) mass is 436 g/mol. The van der Waals surface area contributed by atoms with Crippen molar-refractivity contribution in [3.8, 4) is 0 Å². The predicted octanol–water partition coefficient (Wildman–Crippen LogP) is 3.55. The maximum absolute atomic E-state index is 13.1. The minimum Gasteiger partial charge on any atom is -0.355 e. The van der Waals surface area contributed by atoms with Gasteiger partial charge in [-0.3, -0.25) is 9.59 Å². The number of benzene rings is 1. The third-order valence-corrected chi connectivity index (χ3v) is 6.46. The van der Waals surface area contributed by atoms with Crippen LogP contribution in [0.25, 0.3) is 11.1 Å². The Bertz CT molecular complexity index is 1160. The van der Waals surface area contributed by atoms with E-state index in [2.05, 4.69) is 15.5 Å². The number of pyridine rings is 1. The van der Waals surface area contributed by atoms with Crippen molar-refractivity contribution in [2.24, 2.45) is 0 Å². The average Bonchev–Trinajstić information content (AvgIpc) is 3.58. The number of carbonyl (C=O) groups is 2. The zero-order chi connectivity index (χ0) is 22.2. The van der Waals surface area contributed by atoms with Crippen LogP contribution in [0.3, 0.4) is 0 Å². The molecule has 5 rings (SSSR count). The number of amides is 2. The molecule has 32 heavy (non-hydrogen) atoms. The van der Waals surface area contributed by atoms with Gasteiger partial charge < -0.3 is 14.7 Å². The van der Waals surface area contributed by atoms with Crippen molar-refractivity contribution in [1.82, 2.24) is 20.4 Å². The van der Waals surface area contributed by atoms with Gasteiger partial charge in [-0.1, -0.05) is 17.3 Å². The molecule has 2 fully saturated rings. The lowest BCUT2D eigenvalue weighted by Crippen LogP contribution is -2.38. The van der Waals surface area contributed by atoms with E-state index in [-0.39, 0.29) is 30.0 Å². The van der Waals surface area contributed by atoms with Gasteiger partial charge in [0.1, 0.15) is 5.82 Å². The molecule has 1 aliphatic carbocycles. The Morgan fingerprint density at radius 2 is 1.84 bits per heavy atom. The number of fused-ring (bicyclic) bond motifs is 1. The summed E-state index contributed by atoms with van der Waals surface area (Å²) < 4.78 is 18.7. The Morgan fingerprint density at radius 1 is 1.12 bits per heavy atom. The second kappa shape index (κ2) is 8.33. The van der Waals surface area contributed by atoms with Crippen LogP contribution in [0.15, 0.2) is 34.9 Å². The third-order valence-electron chi connectivity index (χ3n) is 6.46. The van der Waals surface area contributed by atoms with Gasteiger partial charge in [0, 0.05) is 37.7 Å². The number of rotatable bonds is 5. The molecule has 7 nitrogen and oxygen atoms in total. The number of hydrogen-bond acceptors (Lipinski definition) is 5. The van der Waals surface area contributed by atoms with E-state index in [0.717, 1.165) is 42.6 Å². The lowest BCUT2D eigenvalue weighted by atomic mass is 9.90. The van der Waals surface area contributed by atoms with Gasteiger partial charge in [0.25, 0.3) is 11.6 Å². The van der Waals surface area contributed by atoms with Crippen molar-refractivity contribution in [3.63, 3.8) is 0 Å². The van der Waals surface area contributed by atoms with Crippen LogP contribution in [0.1, 0.15) is 64.8 Å². The first-order valence-electron chi connectivity index (χ1n) is 11.1. The molecule has 2 amide bonds. The van der Waals surface area contributed by atoms with Crippen molar-refractivity contribution in [1.29, 1.82) is 0 Å². The first-order chi connectivity index (χ1) is 15.5. The molecule has 0 radical (unpaired) electrons. The molecule has 2 aliphatic rings. The summed E-state index contributed by atoms with van der Waals surface area (Å²) >= 11 is 0. The second-order valence-electron chi connectivity index (χ2n) is 8.65. The lowest BCUT2D eigenvalue weighted by Gasteiger charge is -2.31. The molecule has 3 aromatic rings. The molecule has 1 saturated heterocycles. The second-order valence-corrected chi connectivity index (χ2v) is 8.65. The topological polar surface area (TPSA) is 88.3 Å². The van der Waals surface area contributed by atoms with Gasteiger partial charge in [-0.25, -0.2) is 9.37 Å². The van der Waals surface area contributed by atoms with E-state index in [9.17, 15) is 14.0 Å². The van der Waals surface area contributed by atoms with Crippen molar-refractivity contribution in [2.45, 2.75) is 43.9 Å². The van der Waals surface area contributed by atoms with Crippen LogP contribution in [0.2, 0.25) is 0 Å². The zero-order valence-corrected chi connectivity index (χ0v) is 17.9. The first kappa shape index (κ1) is 20.6. The number of piperidine rings is 1. The average molecular weight is 436 g/mol. The molecule has 3 heterocycles. The van der Waals surface area contributed by atoms with Gasteiger partial charge in [0.05, 0.1) is 23.1 Å². The molecule has 0 unspecified atom stereocenters. The Kier molecular flexibility index (Phi) is 5.36. The molecule has 1 aliphatic heterocycles. The normalized spacial score (nSPS) is 17.0. The van der Waals surface area contributed by atoms with Gasteiger partial charge in [-0.05, 0) is 49.4 Å². The molecule has 1 aromatic carbocycles. The SMILES string of the molecule is CNC(=O)c1cc(C2CC2)nc2onc(C3CCN(C(=O)Cc4ccc(F)cc4)CC3)c12. The van der Waals surface area contributed by atoms with E-state index in [1.54, 1.807) is 19.2 Å². The molecule has 1 N–H and O–H groups in total. The standard InChI is InChI=1S/C24H25FN4O3/c1-26-23(31)18-13-19(15-4-5-15)27-24-21(18)22(28-32-24)16-8-10-29(11-9-16)20(30)12-14-2-6-17(25)7-3-14/h2-3,6-7,13,15-16H,4-5,8-12H2,1H3,(H,26,31). The maximum atomic E-state index is 13.1. The number of nitrogens with zero attached hydrogens (tertiary/aromatic N) is 3. The Labute approximate surface area is 185 Å². The minimum absolute atomic E-state index is 0.0295. The molecular weight excluding hydrogens is 411 g/mol. The van der Waals surface area contributed by atoms with Crippen molar-refractivity contribution in [2.75, 3.05) is 20.1 Å². The van der Waals surface area contributed by atoms with Crippen LogP contribution >= 0.6 is 0 Å². The highest BCUT2D eigenvalue weighted by molar-refractivity contribution is 6.06. The van der Waals surface area contributed by atoms with E-state index in [0.29, 0.717) is 35.7 Å². The van der Waals surface area contributed by atoms with E-state index >= 15 is 0 Å². The summed E-state index contributed by atoms with van der Waals surface area (Å²) in [6.07, 6.45) is 3.88. The molecule has 166 valence electrons. The summed E-state index contributed by atoms with van der Waals surface area (Å²) in [7, 11) is 1.61. The number of carbonyl (C=O) groups excluding carboxylic acids is 2. The zero-order valence-electron chi connectivity index (χ0n) is 17.9. The first-order valence-corrected chi connectivity index (χ1v) is 11.1. The van der Waals surface area contributed by atoms with Crippen LogP contribution in [-0.4, -0.2) is 47.0 Å². The van der Waals surface area contributed by atoms with Crippen LogP contribution in [0.4, 0.5) is 4.39 Å². The highest BCUT2D eigenvalue weighted by Gasteiger charge is 2.32. The molecule has 0 bridgehead atoms. The van der Waals surface area contributed by atoms with E-state index in [1.165, 1.54) is 12.1 Å². The van der Waals surface area contributed by atoms with Crippen molar-refractivity contribution in [3.05, 3.63) is 58.7 Å². The molecule has 8 heteroatoms. The Morgan fingerprint density at radius 3 is 2.50 bits per heavy atom. The number of aromatic nitrogens is 2. The summed E-state index contributed by atoms with van der Waals surface area (Å²) in [6, 6.07) is 7.91. The number of halogens is 1. The van der Waals surface area contributed by atoms with Crippen LogP contribution in [0.5, 0.6) is 0 Å². The van der Waals surface area contributed by atoms with Gasteiger partial charge in [0.2, 0.25) is 5.91 Å². The largest absolute Gasteiger partial charge is 0.355 e. The van der Waals surface area contributed by atoms with E-state index in [1.807, 2.05) is 11.0 Å². The lowest BCUT2D eigenvalue weighted by molar-refractivity contribution is -0.131. The quantitative estimate of drug-likeness (QED) is 0.661. The summed E-state index contributed by atoms with van der Waals surface area (Å²) in [5.41, 5.74) is 3.41. The van der Waals surface area contributed by atoms with E-state index < -0.39 is 0 Å². The smallest absolute Gasteiger partial charge is 0.259 e. The van der Waals surface area contributed by atoms with Gasteiger partial charge in [0.15, 0.2) is 0 Å². The van der Waals surface area contributed by atoms with Crippen molar-refractivity contribution >= 4 is 22.9 Å². The van der Waals surface area contributed by atoms with E-state index in [4.69, 9.17) is 4.52 Å². The minimum atomic E-state index is -0.309. The van der Waals surface area contributed by atoms with Crippen molar-refractivity contribution < 1.29 is 18.5 Å². The summed E-state index contributed by atoms with van der Waals surface area (Å²) in [5, 5.41) is 7.71. The number of hydrogen-bond donors (Lipinski definition) is 1. The summed E-state index contributed by atoms with van der Waals surface area (Å²) in [6.45, 7) is 1.20. The number of likely N-dealkylation sites (tertiary alicyclic amines) is 1. The molecular formula is C24H25FN4O3. The fourth-order valence-electron chi connectivity index (χ4n) is 4.46. The summed E-state index contributed by atoms with van der Waals surface area (Å²) in [5.74, 6) is 0.0315. The Hall–Kier alpha value is -3.29. The fourth-order valence-corrected chi connectivity index (χ4v) is 4.46. The number of nitrogens with one attached hydrogen (secondary N) is 1. The van der Waals surface area contributed by atoms with Gasteiger partial charge >= 0.3 is 0 Å². The highest BCUT2D eigenvalue weighted by Crippen LogP contribution is 2.41. The molecule has 2 aromatic heterocycles. The predicted molar refractivity (Wildman–Crippen MR) is 116 cm³/mol. The maximum Gasteiger partial charge on any atom is 0.259 e. The van der Waals surface area contributed by atoms with Gasteiger partial charge in [-0.2, -0.15) is 0 Å². The molecule has 1 saturated carbocycles. The molecule has 0 spiro atoms. The third kappa shape index (κ3) is 3.97. The Balaban J connectivity index is 1.33. The van der Waals surface area contributed by atoms with Gasteiger partial charge in [-0.15, -0.1) is 0 Å². The summed E-state index contributed by atoms with van der Waals surface area (Å²) in [4.78, 5) is 31.8. The van der Waals surface area contributed by atoms with Crippen LogP contribution < -0.4 is 5.32 Å². The van der Waals surface area contributed by atoms with Crippen LogP contribution in [-0.2, 0) is 11.2 Å². The fraction of sp³-hybridized carbons (Fsp3) is 0.417. The molecule has 0 atom stereocenters. The van der Waals surface area contributed by atoms with Crippen LogP contribution in [0, 0.1) is 5.82 Å². The highest BCUT2D eigenvalue weighted by atomic mass is 19.1.